The van der Waals surface area contributed by atoms with Gasteiger partial charge < -0.3 is 15.7 Å². The molecule has 2 aromatic rings. The molecule has 2 aromatic carbocycles. The van der Waals surface area contributed by atoms with Gasteiger partial charge in [-0.1, -0.05) is 19.1 Å². The summed E-state index contributed by atoms with van der Waals surface area (Å²) in [5.74, 6) is 0.345. The molecule has 0 radical (unpaired) electrons. The summed E-state index contributed by atoms with van der Waals surface area (Å²) in [6.07, 6.45) is 0.418. The van der Waals surface area contributed by atoms with E-state index in [-0.39, 0.29) is 17.6 Å². The van der Waals surface area contributed by atoms with Crippen LogP contribution in [0.4, 0.5) is 11.4 Å². The molecule has 21 heavy (non-hydrogen) atoms. The molecule has 4 nitrogen and oxygen atoms in total. The molecule has 1 amide bonds. The maximum absolute atomic E-state index is 12.3. The summed E-state index contributed by atoms with van der Waals surface area (Å²) in [5, 5.41) is 9.28. The van der Waals surface area contributed by atoms with Crippen molar-refractivity contribution in [3.8, 4) is 5.75 Å². The van der Waals surface area contributed by atoms with Gasteiger partial charge in [0.25, 0.3) is 0 Å². The highest BCUT2D eigenvalue weighted by Crippen LogP contribution is 2.23. The Morgan fingerprint density at radius 2 is 1.71 bits per heavy atom. The summed E-state index contributed by atoms with van der Waals surface area (Å²) < 4.78 is 0. The van der Waals surface area contributed by atoms with E-state index in [0.717, 1.165) is 16.9 Å². The topological polar surface area (TPSA) is 66.6 Å². The van der Waals surface area contributed by atoms with Crippen molar-refractivity contribution >= 4 is 17.3 Å². The molecule has 0 aromatic heterocycles. The molecule has 3 N–H and O–H groups in total. The largest absolute Gasteiger partial charge is 0.508 e. The van der Waals surface area contributed by atoms with Crippen LogP contribution in [0.5, 0.6) is 5.75 Å². The van der Waals surface area contributed by atoms with E-state index >= 15 is 0 Å². The lowest BCUT2D eigenvalue weighted by Gasteiger charge is -2.20. The highest BCUT2D eigenvalue weighted by Gasteiger charge is 2.16. The van der Waals surface area contributed by atoms with Crippen molar-refractivity contribution in [2.24, 2.45) is 0 Å². The van der Waals surface area contributed by atoms with Crippen LogP contribution in [0.15, 0.2) is 48.5 Å². The molecule has 0 bridgehead atoms. The fourth-order valence-corrected chi connectivity index (χ4v) is 2.16. The van der Waals surface area contributed by atoms with Gasteiger partial charge >= 0.3 is 0 Å². The van der Waals surface area contributed by atoms with Crippen LogP contribution in [-0.2, 0) is 4.79 Å². The van der Waals surface area contributed by atoms with Crippen LogP contribution in [-0.4, -0.2) is 18.1 Å². The van der Waals surface area contributed by atoms with Crippen LogP contribution in [0, 0.1) is 0 Å². The molecular weight excluding hydrogens is 264 g/mol. The number of nitrogens with zero attached hydrogens (tertiary/aromatic N) is 1. The van der Waals surface area contributed by atoms with Crippen LogP contribution >= 0.6 is 0 Å². The van der Waals surface area contributed by atoms with E-state index in [1.165, 1.54) is 0 Å². The number of aromatic hydroxyl groups is 1. The number of phenols is 1. The number of hydrogen-bond donors (Lipinski definition) is 2. The number of anilines is 2. The fourth-order valence-electron chi connectivity index (χ4n) is 2.16. The van der Waals surface area contributed by atoms with Gasteiger partial charge in [0, 0.05) is 24.8 Å². The van der Waals surface area contributed by atoms with Gasteiger partial charge in [-0.3, -0.25) is 4.79 Å². The van der Waals surface area contributed by atoms with E-state index in [0.29, 0.717) is 6.42 Å². The molecule has 0 aliphatic heterocycles. The van der Waals surface area contributed by atoms with Gasteiger partial charge in [-0.05, 0) is 47.9 Å². The van der Waals surface area contributed by atoms with Crippen molar-refractivity contribution in [3.05, 3.63) is 54.1 Å². The molecule has 1 unspecified atom stereocenters. The first-order valence-electron chi connectivity index (χ1n) is 6.88. The number of rotatable bonds is 4. The molecule has 0 saturated carbocycles. The molecule has 0 aliphatic rings. The van der Waals surface area contributed by atoms with E-state index in [2.05, 4.69) is 0 Å². The monoisotopic (exact) mass is 284 g/mol. The Labute approximate surface area is 124 Å². The highest BCUT2D eigenvalue weighted by atomic mass is 16.3. The van der Waals surface area contributed by atoms with Crippen LogP contribution in [0.3, 0.4) is 0 Å². The summed E-state index contributed by atoms with van der Waals surface area (Å²) in [7, 11) is 1.74. The minimum atomic E-state index is 0.0324. The molecule has 0 fully saturated rings. The molecule has 4 heteroatoms. The highest BCUT2D eigenvalue weighted by molar-refractivity contribution is 5.93. The third kappa shape index (κ3) is 3.75. The minimum absolute atomic E-state index is 0.0324. The second-order valence-corrected chi connectivity index (χ2v) is 5.24. The predicted octanol–water partition coefficient (Wildman–Crippen LogP) is 3.13. The summed E-state index contributed by atoms with van der Waals surface area (Å²) in [6.45, 7) is 2.02. The summed E-state index contributed by atoms with van der Waals surface area (Å²) in [5.41, 5.74) is 8.25. The fraction of sp³-hybridized carbons (Fsp3) is 0.235. The smallest absolute Gasteiger partial charge is 0.227 e. The number of nitrogen functional groups attached to an aromatic ring is 1. The third-order valence-corrected chi connectivity index (χ3v) is 3.60. The minimum Gasteiger partial charge on any atom is -0.508 e. The normalized spacial score (nSPS) is 11.9. The SMILES string of the molecule is CC(CC(=O)N(C)c1ccc(O)cc1)c1ccc(N)cc1. The third-order valence-electron chi connectivity index (χ3n) is 3.60. The van der Waals surface area contributed by atoms with Crippen molar-refractivity contribution < 1.29 is 9.90 Å². The van der Waals surface area contributed by atoms with Gasteiger partial charge in [-0.25, -0.2) is 0 Å². The molecular formula is C17H20N2O2. The lowest BCUT2D eigenvalue weighted by atomic mass is 9.97. The predicted molar refractivity (Wildman–Crippen MR) is 85.4 cm³/mol. The van der Waals surface area contributed by atoms with E-state index in [1.54, 1.807) is 36.2 Å². The molecule has 0 heterocycles. The molecule has 0 aliphatic carbocycles. The van der Waals surface area contributed by atoms with Crippen molar-refractivity contribution in [2.75, 3.05) is 17.7 Å². The van der Waals surface area contributed by atoms with Crippen molar-refractivity contribution in [2.45, 2.75) is 19.3 Å². The Morgan fingerprint density at radius 3 is 2.29 bits per heavy atom. The Morgan fingerprint density at radius 1 is 1.14 bits per heavy atom. The van der Waals surface area contributed by atoms with Crippen LogP contribution in [0.2, 0.25) is 0 Å². The zero-order valence-electron chi connectivity index (χ0n) is 12.3. The van der Waals surface area contributed by atoms with Crippen LogP contribution in [0.25, 0.3) is 0 Å². The van der Waals surface area contributed by atoms with Crippen molar-refractivity contribution in [1.29, 1.82) is 0 Å². The number of hydrogen-bond acceptors (Lipinski definition) is 3. The van der Waals surface area contributed by atoms with Crippen molar-refractivity contribution in [1.82, 2.24) is 0 Å². The number of carbonyl (C=O) groups excluding carboxylic acids is 1. The Hall–Kier alpha value is -2.49. The summed E-state index contributed by atoms with van der Waals surface area (Å²) in [4.78, 5) is 13.9. The quantitative estimate of drug-likeness (QED) is 0.848. The number of amides is 1. The lowest BCUT2D eigenvalue weighted by Crippen LogP contribution is -2.27. The number of phenolic OH excluding ortho intramolecular Hbond substituents is 1. The molecule has 2 rings (SSSR count). The van der Waals surface area contributed by atoms with Gasteiger partial charge in [0.2, 0.25) is 5.91 Å². The first-order valence-corrected chi connectivity index (χ1v) is 6.88. The molecule has 1 atom stereocenters. The first-order chi connectivity index (χ1) is 9.97. The van der Waals surface area contributed by atoms with Crippen LogP contribution < -0.4 is 10.6 Å². The van der Waals surface area contributed by atoms with Gasteiger partial charge in [0.05, 0.1) is 0 Å². The average Bonchev–Trinajstić information content (AvgIpc) is 2.47. The van der Waals surface area contributed by atoms with E-state index in [9.17, 15) is 9.90 Å². The molecule has 110 valence electrons. The van der Waals surface area contributed by atoms with Gasteiger partial charge in [-0.15, -0.1) is 0 Å². The zero-order valence-corrected chi connectivity index (χ0v) is 12.3. The summed E-state index contributed by atoms with van der Waals surface area (Å²) in [6, 6.07) is 14.2. The van der Waals surface area contributed by atoms with E-state index in [1.807, 2.05) is 31.2 Å². The molecule has 0 saturated heterocycles. The number of benzene rings is 2. The number of nitrogens with two attached hydrogens (primary N) is 1. The average molecular weight is 284 g/mol. The first kappa shape index (κ1) is 14.9. The Kier molecular flexibility index (Phi) is 4.48. The second-order valence-electron chi connectivity index (χ2n) is 5.24. The Balaban J connectivity index is 2.03. The molecule has 0 spiro atoms. The maximum Gasteiger partial charge on any atom is 0.227 e. The lowest BCUT2D eigenvalue weighted by molar-refractivity contribution is -0.118. The van der Waals surface area contributed by atoms with E-state index < -0.39 is 0 Å². The van der Waals surface area contributed by atoms with Crippen LogP contribution in [0.1, 0.15) is 24.8 Å². The Bertz CT molecular complexity index is 606. The second kappa shape index (κ2) is 6.31. The van der Waals surface area contributed by atoms with Gasteiger partial charge in [0.1, 0.15) is 5.75 Å². The summed E-state index contributed by atoms with van der Waals surface area (Å²) >= 11 is 0. The van der Waals surface area contributed by atoms with E-state index in [4.69, 9.17) is 5.73 Å². The van der Waals surface area contributed by atoms with Gasteiger partial charge in [0.15, 0.2) is 0 Å². The number of carbonyl (C=O) groups is 1. The standard InChI is InChI=1S/C17H20N2O2/c1-12(13-3-5-14(18)6-4-13)11-17(21)19(2)15-7-9-16(20)10-8-15/h3-10,12,20H,11,18H2,1-2H3. The van der Waals surface area contributed by atoms with Gasteiger partial charge in [-0.2, -0.15) is 0 Å². The maximum atomic E-state index is 12.3. The van der Waals surface area contributed by atoms with Crippen molar-refractivity contribution in [3.63, 3.8) is 0 Å². The zero-order chi connectivity index (χ0) is 15.4.